The number of morpholine rings is 1. The number of nitrogens with zero attached hydrogens (tertiary/aromatic N) is 2. The fourth-order valence-electron chi connectivity index (χ4n) is 3.18. The molecule has 1 aliphatic rings. The molecule has 0 spiro atoms. The topological polar surface area (TPSA) is 85.8 Å². The first kappa shape index (κ1) is 22.5. The highest BCUT2D eigenvalue weighted by atomic mass is 32.2. The van der Waals surface area contributed by atoms with Gasteiger partial charge in [0.05, 0.1) is 24.5 Å². The first-order valence-electron chi connectivity index (χ1n) is 9.90. The zero-order valence-corrected chi connectivity index (χ0v) is 18.9. The lowest BCUT2D eigenvalue weighted by Gasteiger charge is -2.26. The summed E-state index contributed by atoms with van der Waals surface area (Å²) >= 11 is 1.43. The van der Waals surface area contributed by atoms with Crippen LogP contribution in [0, 0.1) is 12.7 Å². The SMILES string of the molecule is Cc1ccc(-c2nc(COC(=O)c3ccc(F)c(S(=O)(=O)N4CCOCC4)c3)cs2)cc1. The molecule has 0 amide bonds. The second kappa shape index (κ2) is 9.45. The molecule has 0 atom stereocenters. The molecule has 3 aromatic rings. The Labute approximate surface area is 189 Å². The lowest BCUT2D eigenvalue weighted by atomic mass is 10.2. The molecule has 2 heterocycles. The van der Waals surface area contributed by atoms with E-state index in [1.165, 1.54) is 17.4 Å². The van der Waals surface area contributed by atoms with Crippen LogP contribution < -0.4 is 0 Å². The van der Waals surface area contributed by atoms with Crippen molar-refractivity contribution in [3.63, 3.8) is 0 Å². The Hall–Kier alpha value is -2.66. The molecule has 2 aromatic carbocycles. The van der Waals surface area contributed by atoms with Crippen LogP contribution in [0.2, 0.25) is 0 Å². The van der Waals surface area contributed by atoms with Crippen molar-refractivity contribution >= 4 is 27.3 Å². The third-order valence-corrected chi connectivity index (χ3v) is 7.81. The Bertz CT molecular complexity index is 1220. The molecule has 0 radical (unpaired) electrons. The molecule has 4 rings (SSSR count). The average Bonchev–Trinajstić information content (AvgIpc) is 3.28. The van der Waals surface area contributed by atoms with Gasteiger partial charge in [-0.25, -0.2) is 22.6 Å². The number of aryl methyl sites for hydroxylation is 1. The third kappa shape index (κ3) is 4.88. The van der Waals surface area contributed by atoms with Crippen molar-refractivity contribution in [1.29, 1.82) is 0 Å². The van der Waals surface area contributed by atoms with Crippen molar-refractivity contribution < 1.29 is 27.1 Å². The second-order valence-electron chi connectivity index (χ2n) is 7.25. The lowest BCUT2D eigenvalue weighted by molar-refractivity contribution is 0.0468. The molecule has 1 aliphatic heterocycles. The van der Waals surface area contributed by atoms with Crippen LogP contribution in [0.25, 0.3) is 10.6 Å². The van der Waals surface area contributed by atoms with Crippen molar-refractivity contribution in [2.75, 3.05) is 26.3 Å². The van der Waals surface area contributed by atoms with Crippen LogP contribution >= 0.6 is 11.3 Å². The largest absolute Gasteiger partial charge is 0.456 e. The number of hydrogen-bond donors (Lipinski definition) is 0. The summed E-state index contributed by atoms with van der Waals surface area (Å²) in [5, 5.41) is 2.60. The van der Waals surface area contributed by atoms with E-state index in [2.05, 4.69) is 4.98 Å². The Morgan fingerprint density at radius 1 is 1.19 bits per heavy atom. The number of aromatic nitrogens is 1. The smallest absolute Gasteiger partial charge is 0.338 e. The standard InChI is InChI=1S/C22H21FN2O5S2/c1-15-2-4-16(5-3-15)21-24-18(14-31-21)13-30-22(26)17-6-7-19(23)20(12-17)32(27,28)25-8-10-29-11-9-25/h2-7,12,14H,8-11,13H2,1H3. The van der Waals surface area contributed by atoms with Gasteiger partial charge in [-0.2, -0.15) is 4.31 Å². The monoisotopic (exact) mass is 476 g/mol. The molecule has 1 saturated heterocycles. The van der Waals surface area contributed by atoms with Gasteiger partial charge in [-0.3, -0.25) is 0 Å². The van der Waals surface area contributed by atoms with Gasteiger partial charge in [0.1, 0.15) is 22.3 Å². The van der Waals surface area contributed by atoms with E-state index in [1.807, 2.05) is 31.2 Å². The summed E-state index contributed by atoms with van der Waals surface area (Å²) in [6.07, 6.45) is 0. The molecule has 0 saturated carbocycles. The van der Waals surface area contributed by atoms with E-state index < -0.39 is 26.7 Å². The Balaban J connectivity index is 1.46. The predicted octanol–water partition coefficient (Wildman–Crippen LogP) is 3.64. The number of benzene rings is 2. The highest BCUT2D eigenvalue weighted by molar-refractivity contribution is 7.89. The maximum absolute atomic E-state index is 14.3. The van der Waals surface area contributed by atoms with Gasteiger partial charge in [0.25, 0.3) is 0 Å². The van der Waals surface area contributed by atoms with Gasteiger partial charge in [0.15, 0.2) is 0 Å². The lowest BCUT2D eigenvalue weighted by Crippen LogP contribution is -2.41. The first-order valence-corrected chi connectivity index (χ1v) is 12.2. The summed E-state index contributed by atoms with van der Waals surface area (Å²) in [6, 6.07) is 11.1. The highest BCUT2D eigenvalue weighted by Gasteiger charge is 2.30. The van der Waals surface area contributed by atoms with E-state index in [-0.39, 0.29) is 38.5 Å². The molecule has 0 bridgehead atoms. The molecule has 0 N–H and O–H groups in total. The Morgan fingerprint density at radius 3 is 2.62 bits per heavy atom. The molecule has 0 unspecified atom stereocenters. The minimum Gasteiger partial charge on any atom is -0.456 e. The molecule has 168 valence electrons. The van der Waals surface area contributed by atoms with Gasteiger partial charge in [-0.1, -0.05) is 29.8 Å². The summed E-state index contributed by atoms with van der Waals surface area (Å²) in [4.78, 5) is 16.4. The maximum Gasteiger partial charge on any atom is 0.338 e. The normalized spacial score (nSPS) is 14.9. The van der Waals surface area contributed by atoms with Crippen LogP contribution in [-0.2, 0) is 26.1 Å². The number of carbonyl (C=O) groups is 1. The summed E-state index contributed by atoms with van der Waals surface area (Å²) in [5.74, 6) is -1.68. The van der Waals surface area contributed by atoms with Crippen LogP contribution in [0.1, 0.15) is 21.6 Å². The van der Waals surface area contributed by atoms with Gasteiger partial charge < -0.3 is 9.47 Å². The van der Waals surface area contributed by atoms with E-state index in [0.29, 0.717) is 5.69 Å². The quantitative estimate of drug-likeness (QED) is 0.505. The summed E-state index contributed by atoms with van der Waals surface area (Å²) in [7, 11) is -4.09. The molecule has 0 aliphatic carbocycles. The number of ether oxygens (including phenoxy) is 2. The maximum atomic E-state index is 14.3. The molecule has 32 heavy (non-hydrogen) atoms. The van der Waals surface area contributed by atoms with Crippen LogP contribution in [-0.4, -0.2) is 50.0 Å². The van der Waals surface area contributed by atoms with E-state index in [1.54, 1.807) is 5.38 Å². The van der Waals surface area contributed by atoms with Crippen LogP contribution in [0.5, 0.6) is 0 Å². The van der Waals surface area contributed by atoms with Crippen molar-refractivity contribution in [1.82, 2.24) is 9.29 Å². The third-order valence-electron chi connectivity index (χ3n) is 4.96. The first-order chi connectivity index (χ1) is 15.3. The van der Waals surface area contributed by atoms with E-state index in [0.717, 1.165) is 32.6 Å². The number of thiazole rings is 1. The van der Waals surface area contributed by atoms with Gasteiger partial charge >= 0.3 is 5.97 Å². The number of sulfonamides is 1. The van der Waals surface area contributed by atoms with Crippen molar-refractivity contribution in [3.8, 4) is 10.6 Å². The second-order valence-corrected chi connectivity index (χ2v) is 10.0. The number of carbonyl (C=O) groups excluding carboxylic acids is 1. The minimum absolute atomic E-state index is 0.0489. The van der Waals surface area contributed by atoms with Crippen molar-refractivity contribution in [3.05, 3.63) is 70.5 Å². The molecule has 7 nitrogen and oxygen atoms in total. The fraction of sp³-hybridized carbons (Fsp3) is 0.273. The molecular formula is C22H21FN2O5S2. The number of rotatable bonds is 6. The number of esters is 1. The Kier molecular flexibility index (Phi) is 6.66. The van der Waals surface area contributed by atoms with E-state index in [4.69, 9.17) is 9.47 Å². The van der Waals surface area contributed by atoms with Gasteiger partial charge in [0, 0.05) is 24.0 Å². The summed E-state index contributed by atoms with van der Waals surface area (Å²) < 4.78 is 51.5. The molecule has 10 heteroatoms. The summed E-state index contributed by atoms with van der Waals surface area (Å²) in [6.45, 7) is 2.66. The van der Waals surface area contributed by atoms with E-state index >= 15 is 0 Å². The number of halogens is 1. The van der Waals surface area contributed by atoms with Crippen molar-refractivity contribution in [2.24, 2.45) is 0 Å². The Morgan fingerprint density at radius 2 is 1.91 bits per heavy atom. The zero-order chi connectivity index (χ0) is 22.7. The van der Waals surface area contributed by atoms with Gasteiger partial charge in [-0.05, 0) is 25.1 Å². The predicted molar refractivity (Wildman–Crippen MR) is 117 cm³/mol. The van der Waals surface area contributed by atoms with Crippen LogP contribution in [0.4, 0.5) is 4.39 Å². The molecule has 1 fully saturated rings. The van der Waals surface area contributed by atoms with Crippen molar-refractivity contribution in [2.45, 2.75) is 18.4 Å². The summed E-state index contributed by atoms with van der Waals surface area (Å²) in [5.41, 5.74) is 2.64. The zero-order valence-electron chi connectivity index (χ0n) is 17.3. The van der Waals surface area contributed by atoms with Crippen LogP contribution in [0.15, 0.2) is 52.7 Å². The highest BCUT2D eigenvalue weighted by Crippen LogP contribution is 2.25. The number of hydrogen-bond acceptors (Lipinski definition) is 7. The van der Waals surface area contributed by atoms with Crippen LogP contribution in [0.3, 0.4) is 0 Å². The fourth-order valence-corrected chi connectivity index (χ4v) is 5.49. The average molecular weight is 477 g/mol. The van der Waals surface area contributed by atoms with Gasteiger partial charge in [-0.15, -0.1) is 11.3 Å². The van der Waals surface area contributed by atoms with Gasteiger partial charge in [0.2, 0.25) is 10.0 Å². The molecular weight excluding hydrogens is 455 g/mol. The van der Waals surface area contributed by atoms with E-state index in [9.17, 15) is 17.6 Å². The molecule has 1 aromatic heterocycles. The minimum atomic E-state index is -4.09.